The number of benzene rings is 1. The van der Waals surface area contributed by atoms with Crippen molar-refractivity contribution in [2.24, 2.45) is 5.92 Å². The molecule has 27 heavy (non-hydrogen) atoms. The van der Waals surface area contributed by atoms with Crippen molar-refractivity contribution in [1.82, 2.24) is 19.4 Å². The molecule has 0 saturated carbocycles. The molecule has 1 aliphatic rings. The SMILES string of the molecule is C[C@H](c1nc2ccccc2o1)N(C)C[C@@H]1CCc2nc(C(F)(F)F)cn2C1. The maximum atomic E-state index is 12.9. The first-order chi connectivity index (χ1) is 12.8. The number of aryl methyl sites for hydroxylation is 1. The Morgan fingerprint density at radius 1 is 1.30 bits per heavy atom. The lowest BCUT2D eigenvalue weighted by Crippen LogP contribution is -2.33. The number of nitrogens with zero attached hydrogens (tertiary/aromatic N) is 4. The summed E-state index contributed by atoms with van der Waals surface area (Å²) in [4.78, 5) is 10.4. The molecule has 5 nitrogen and oxygen atoms in total. The molecule has 144 valence electrons. The van der Waals surface area contributed by atoms with Crippen LogP contribution >= 0.6 is 0 Å². The van der Waals surface area contributed by atoms with E-state index in [0.717, 1.165) is 30.3 Å². The van der Waals surface area contributed by atoms with Gasteiger partial charge in [-0.15, -0.1) is 0 Å². The van der Waals surface area contributed by atoms with E-state index >= 15 is 0 Å². The van der Waals surface area contributed by atoms with Gasteiger partial charge in [-0.1, -0.05) is 12.1 Å². The fourth-order valence-electron chi connectivity index (χ4n) is 3.62. The molecule has 3 heterocycles. The normalized spacial score (nSPS) is 18.8. The largest absolute Gasteiger partial charge is 0.439 e. The van der Waals surface area contributed by atoms with Gasteiger partial charge in [-0.05, 0) is 38.4 Å². The van der Waals surface area contributed by atoms with Crippen LogP contribution in [0.1, 0.15) is 36.8 Å². The molecular weight excluding hydrogens is 357 g/mol. The highest BCUT2D eigenvalue weighted by atomic mass is 19.4. The average molecular weight is 378 g/mol. The van der Waals surface area contributed by atoms with Gasteiger partial charge in [0.25, 0.3) is 0 Å². The predicted octanol–water partition coefficient (Wildman–Crippen LogP) is 4.30. The molecule has 0 spiro atoms. The van der Waals surface area contributed by atoms with Gasteiger partial charge in [0.1, 0.15) is 11.3 Å². The Morgan fingerprint density at radius 3 is 2.81 bits per heavy atom. The Kier molecular flexibility index (Phi) is 4.46. The summed E-state index contributed by atoms with van der Waals surface area (Å²) in [6.07, 6.45) is -1.88. The Labute approximate surface area is 154 Å². The minimum Gasteiger partial charge on any atom is -0.439 e. The number of alkyl halides is 3. The zero-order chi connectivity index (χ0) is 19.2. The van der Waals surface area contributed by atoms with Crippen molar-refractivity contribution < 1.29 is 17.6 Å². The first-order valence-corrected chi connectivity index (χ1v) is 9.00. The molecule has 3 aromatic rings. The highest BCUT2D eigenvalue weighted by molar-refractivity contribution is 5.72. The van der Waals surface area contributed by atoms with Gasteiger partial charge in [0.15, 0.2) is 11.3 Å². The first-order valence-electron chi connectivity index (χ1n) is 9.00. The van der Waals surface area contributed by atoms with Crippen LogP contribution in [-0.4, -0.2) is 33.0 Å². The van der Waals surface area contributed by atoms with E-state index in [1.807, 2.05) is 38.2 Å². The van der Waals surface area contributed by atoms with Gasteiger partial charge in [0.2, 0.25) is 5.89 Å². The van der Waals surface area contributed by atoms with Gasteiger partial charge in [-0.3, -0.25) is 4.90 Å². The summed E-state index contributed by atoms with van der Waals surface area (Å²) in [7, 11) is 1.99. The van der Waals surface area contributed by atoms with Crippen LogP contribution in [0.5, 0.6) is 0 Å². The predicted molar refractivity (Wildman–Crippen MR) is 94.1 cm³/mol. The van der Waals surface area contributed by atoms with Crippen molar-refractivity contribution in [3.8, 4) is 0 Å². The van der Waals surface area contributed by atoms with Crippen LogP contribution in [0.2, 0.25) is 0 Å². The van der Waals surface area contributed by atoms with Crippen LogP contribution in [0, 0.1) is 5.92 Å². The molecule has 0 saturated heterocycles. The van der Waals surface area contributed by atoms with Gasteiger partial charge in [0, 0.05) is 25.7 Å². The van der Waals surface area contributed by atoms with Crippen molar-refractivity contribution in [2.75, 3.05) is 13.6 Å². The molecule has 0 N–H and O–H groups in total. The number of aromatic nitrogens is 3. The second-order valence-electron chi connectivity index (χ2n) is 7.23. The van der Waals surface area contributed by atoms with Crippen molar-refractivity contribution in [3.05, 3.63) is 47.9 Å². The molecule has 0 radical (unpaired) electrons. The summed E-state index contributed by atoms with van der Waals surface area (Å²) in [5.74, 6) is 1.43. The van der Waals surface area contributed by atoms with Crippen LogP contribution in [-0.2, 0) is 19.1 Å². The van der Waals surface area contributed by atoms with Crippen LogP contribution in [0.4, 0.5) is 13.2 Å². The second-order valence-corrected chi connectivity index (χ2v) is 7.23. The highest BCUT2D eigenvalue weighted by Crippen LogP contribution is 2.31. The van der Waals surface area contributed by atoms with E-state index in [1.165, 1.54) is 0 Å². The molecule has 2 aromatic heterocycles. The van der Waals surface area contributed by atoms with Crippen LogP contribution in [0.25, 0.3) is 11.1 Å². The second kappa shape index (κ2) is 6.67. The highest BCUT2D eigenvalue weighted by Gasteiger charge is 2.36. The number of oxazole rings is 1. The fourth-order valence-corrected chi connectivity index (χ4v) is 3.62. The average Bonchev–Trinajstić information content (AvgIpc) is 3.24. The van der Waals surface area contributed by atoms with Gasteiger partial charge in [-0.25, -0.2) is 9.97 Å². The maximum absolute atomic E-state index is 12.9. The van der Waals surface area contributed by atoms with E-state index in [9.17, 15) is 13.2 Å². The third kappa shape index (κ3) is 3.58. The number of rotatable bonds is 4. The Bertz CT molecular complexity index is 913. The topological polar surface area (TPSA) is 47.1 Å². The summed E-state index contributed by atoms with van der Waals surface area (Å²) in [6.45, 7) is 3.32. The van der Waals surface area contributed by atoms with Crippen molar-refractivity contribution >= 4 is 11.1 Å². The first kappa shape index (κ1) is 18.0. The van der Waals surface area contributed by atoms with E-state index in [-0.39, 0.29) is 12.0 Å². The summed E-state index contributed by atoms with van der Waals surface area (Å²) in [5.41, 5.74) is 0.785. The smallest absolute Gasteiger partial charge is 0.434 e. The summed E-state index contributed by atoms with van der Waals surface area (Å²) >= 11 is 0. The van der Waals surface area contributed by atoms with E-state index in [1.54, 1.807) is 4.57 Å². The molecule has 0 fully saturated rings. The minimum absolute atomic E-state index is 0.0210. The van der Waals surface area contributed by atoms with Crippen molar-refractivity contribution in [1.29, 1.82) is 0 Å². The molecule has 0 unspecified atom stereocenters. The molecule has 1 aliphatic heterocycles. The summed E-state index contributed by atoms with van der Waals surface area (Å²) < 4.78 is 46.1. The lowest BCUT2D eigenvalue weighted by Gasteiger charge is -2.30. The van der Waals surface area contributed by atoms with E-state index in [2.05, 4.69) is 14.9 Å². The summed E-state index contributed by atoms with van der Waals surface area (Å²) in [6, 6.07) is 7.61. The Hall–Kier alpha value is -2.35. The molecule has 1 aromatic carbocycles. The third-order valence-electron chi connectivity index (χ3n) is 5.26. The van der Waals surface area contributed by atoms with E-state index < -0.39 is 11.9 Å². The number of fused-ring (bicyclic) bond motifs is 2. The van der Waals surface area contributed by atoms with Crippen molar-refractivity contribution in [3.63, 3.8) is 0 Å². The van der Waals surface area contributed by atoms with Gasteiger partial charge >= 0.3 is 6.18 Å². The Balaban J connectivity index is 1.43. The maximum Gasteiger partial charge on any atom is 0.434 e. The number of hydrogen-bond donors (Lipinski definition) is 0. The monoisotopic (exact) mass is 378 g/mol. The number of imidazole rings is 1. The van der Waals surface area contributed by atoms with Crippen LogP contribution in [0.3, 0.4) is 0 Å². The van der Waals surface area contributed by atoms with Crippen LogP contribution in [0.15, 0.2) is 34.9 Å². The Morgan fingerprint density at radius 2 is 2.07 bits per heavy atom. The van der Waals surface area contributed by atoms with Gasteiger partial charge in [0.05, 0.1) is 6.04 Å². The van der Waals surface area contributed by atoms with E-state index in [4.69, 9.17) is 4.42 Å². The molecule has 0 aliphatic carbocycles. The lowest BCUT2D eigenvalue weighted by molar-refractivity contribution is -0.141. The summed E-state index contributed by atoms with van der Waals surface area (Å²) in [5, 5.41) is 0. The van der Waals surface area contributed by atoms with Crippen LogP contribution < -0.4 is 0 Å². The molecule has 0 bridgehead atoms. The number of hydrogen-bond acceptors (Lipinski definition) is 4. The zero-order valence-electron chi connectivity index (χ0n) is 15.2. The molecule has 2 atom stereocenters. The molecule has 0 amide bonds. The van der Waals surface area contributed by atoms with E-state index in [0.29, 0.717) is 24.7 Å². The fraction of sp³-hybridized carbons (Fsp3) is 0.474. The number of halogens is 3. The van der Waals surface area contributed by atoms with Gasteiger partial charge < -0.3 is 8.98 Å². The molecule has 4 rings (SSSR count). The molecular formula is C19H21F3N4O. The quantitative estimate of drug-likeness (QED) is 0.679. The molecule has 8 heteroatoms. The number of para-hydroxylation sites is 2. The minimum atomic E-state index is -4.39. The third-order valence-corrected chi connectivity index (χ3v) is 5.26. The lowest BCUT2D eigenvalue weighted by atomic mass is 9.98. The van der Waals surface area contributed by atoms with Crippen molar-refractivity contribution in [2.45, 2.75) is 38.5 Å². The standard InChI is InChI=1S/C19H21F3N4O/c1-12(18-23-14-5-3-4-6-15(14)27-18)25(2)9-13-7-8-17-24-16(19(20,21)22)11-26(17)10-13/h3-6,11-13H,7-10H2,1-2H3/t12-,13+/m1/s1. The zero-order valence-corrected chi connectivity index (χ0v) is 15.2. The van der Waals surface area contributed by atoms with Gasteiger partial charge in [-0.2, -0.15) is 13.2 Å².